The van der Waals surface area contributed by atoms with Gasteiger partial charge in [-0.05, 0) is 65.7 Å². The number of hydrogen-bond acceptors (Lipinski definition) is 3. The highest BCUT2D eigenvalue weighted by atomic mass is 16.5. The summed E-state index contributed by atoms with van der Waals surface area (Å²) in [6, 6.07) is 6.59. The van der Waals surface area contributed by atoms with Gasteiger partial charge in [0.05, 0.1) is 0 Å². The number of carboxylic acid groups (broad SMARTS) is 1. The van der Waals surface area contributed by atoms with E-state index in [0.717, 1.165) is 11.3 Å². The van der Waals surface area contributed by atoms with Crippen molar-refractivity contribution >= 4 is 12.0 Å². The molecule has 1 aromatic carbocycles. The number of carbonyl (C=O) groups excluding carboxylic acids is 1. The molecule has 6 heteroatoms. The SMILES string of the molecule is C=CCCNC(=O)[C@H](Cc1ccc(OC(C)(C)C)cc1)N(C(=O)O)C(C)(C)C. The molecule has 0 saturated carbocycles. The molecule has 0 radical (unpaired) electrons. The van der Waals surface area contributed by atoms with Crippen LogP contribution >= 0.6 is 0 Å². The van der Waals surface area contributed by atoms with Gasteiger partial charge >= 0.3 is 6.09 Å². The molecule has 1 aromatic rings. The summed E-state index contributed by atoms with van der Waals surface area (Å²) in [7, 11) is 0. The average molecular weight is 391 g/mol. The van der Waals surface area contributed by atoms with Crippen LogP contribution in [0.15, 0.2) is 36.9 Å². The summed E-state index contributed by atoms with van der Waals surface area (Å²) in [4.78, 5) is 25.9. The van der Waals surface area contributed by atoms with Crippen LogP contribution in [0.1, 0.15) is 53.5 Å². The normalized spacial score (nSPS) is 12.8. The molecular weight excluding hydrogens is 356 g/mol. The predicted octanol–water partition coefficient (Wildman–Crippen LogP) is 4.25. The molecule has 28 heavy (non-hydrogen) atoms. The van der Waals surface area contributed by atoms with Crippen molar-refractivity contribution in [2.75, 3.05) is 6.54 Å². The fourth-order valence-corrected chi connectivity index (χ4v) is 2.87. The second-order valence-electron chi connectivity index (χ2n) is 8.77. The Kier molecular flexibility index (Phi) is 8.09. The number of nitrogens with one attached hydrogen (secondary N) is 1. The topological polar surface area (TPSA) is 78.9 Å². The summed E-state index contributed by atoms with van der Waals surface area (Å²) >= 11 is 0. The van der Waals surface area contributed by atoms with Gasteiger partial charge in [0.25, 0.3) is 0 Å². The Balaban J connectivity index is 3.09. The number of benzene rings is 1. The minimum absolute atomic E-state index is 0.277. The molecule has 0 saturated heterocycles. The monoisotopic (exact) mass is 390 g/mol. The van der Waals surface area contributed by atoms with Crippen LogP contribution in [0, 0.1) is 0 Å². The van der Waals surface area contributed by atoms with Gasteiger partial charge in [0, 0.05) is 18.5 Å². The van der Waals surface area contributed by atoms with Crippen molar-refractivity contribution < 1.29 is 19.4 Å². The van der Waals surface area contributed by atoms with E-state index in [9.17, 15) is 14.7 Å². The maximum absolute atomic E-state index is 12.8. The van der Waals surface area contributed by atoms with Gasteiger partial charge in [-0.1, -0.05) is 18.2 Å². The summed E-state index contributed by atoms with van der Waals surface area (Å²) < 4.78 is 5.82. The van der Waals surface area contributed by atoms with Crippen LogP contribution in [-0.4, -0.2) is 45.7 Å². The Morgan fingerprint density at radius 2 is 1.75 bits per heavy atom. The number of carbonyl (C=O) groups is 2. The lowest BCUT2D eigenvalue weighted by molar-refractivity contribution is -0.127. The van der Waals surface area contributed by atoms with Crippen LogP contribution in [-0.2, 0) is 11.2 Å². The molecule has 2 amide bonds. The van der Waals surface area contributed by atoms with E-state index in [1.807, 2.05) is 45.0 Å². The van der Waals surface area contributed by atoms with E-state index >= 15 is 0 Å². The summed E-state index contributed by atoms with van der Waals surface area (Å²) in [5, 5.41) is 12.6. The first-order valence-corrected chi connectivity index (χ1v) is 9.54. The van der Waals surface area contributed by atoms with Gasteiger partial charge in [-0.2, -0.15) is 0 Å². The highest BCUT2D eigenvalue weighted by Gasteiger charge is 2.37. The predicted molar refractivity (Wildman–Crippen MR) is 112 cm³/mol. The first-order valence-electron chi connectivity index (χ1n) is 9.54. The largest absolute Gasteiger partial charge is 0.488 e. The lowest BCUT2D eigenvalue weighted by Crippen LogP contribution is -2.57. The zero-order chi connectivity index (χ0) is 21.5. The van der Waals surface area contributed by atoms with E-state index in [4.69, 9.17) is 4.74 Å². The van der Waals surface area contributed by atoms with Crippen molar-refractivity contribution in [3.63, 3.8) is 0 Å². The van der Waals surface area contributed by atoms with Crippen molar-refractivity contribution in [2.45, 2.75) is 71.6 Å². The zero-order valence-corrected chi connectivity index (χ0v) is 17.9. The van der Waals surface area contributed by atoms with Crippen LogP contribution in [0.2, 0.25) is 0 Å². The van der Waals surface area contributed by atoms with E-state index in [0.29, 0.717) is 13.0 Å². The Bertz CT molecular complexity index is 669. The first kappa shape index (κ1) is 23.5. The lowest BCUT2D eigenvalue weighted by atomic mass is 9.97. The standard InChI is InChI=1S/C22H34N2O4/c1-8-9-14-23-19(25)18(24(20(26)27)21(2,3)4)15-16-10-12-17(13-11-16)28-22(5,6)7/h8,10-13,18H,1,9,14-15H2,2-7H3,(H,23,25)(H,26,27)/t18-/m0/s1. The molecule has 0 fully saturated rings. The van der Waals surface area contributed by atoms with Crippen LogP contribution < -0.4 is 10.1 Å². The van der Waals surface area contributed by atoms with E-state index < -0.39 is 17.7 Å². The summed E-state index contributed by atoms with van der Waals surface area (Å²) in [6.07, 6.45) is 1.49. The van der Waals surface area contributed by atoms with Gasteiger partial charge < -0.3 is 15.2 Å². The highest BCUT2D eigenvalue weighted by Crippen LogP contribution is 2.23. The minimum Gasteiger partial charge on any atom is -0.488 e. The number of nitrogens with zero attached hydrogens (tertiary/aromatic N) is 1. The highest BCUT2D eigenvalue weighted by molar-refractivity contribution is 5.86. The van der Waals surface area contributed by atoms with Crippen molar-refractivity contribution in [3.05, 3.63) is 42.5 Å². The number of ether oxygens (including phenoxy) is 1. The second-order valence-corrected chi connectivity index (χ2v) is 8.77. The Morgan fingerprint density at radius 1 is 1.18 bits per heavy atom. The van der Waals surface area contributed by atoms with Gasteiger partial charge in [0.15, 0.2) is 0 Å². The van der Waals surface area contributed by atoms with E-state index in [1.54, 1.807) is 26.8 Å². The molecule has 0 aliphatic heterocycles. The maximum Gasteiger partial charge on any atom is 0.408 e. The Labute approximate surface area is 168 Å². The maximum atomic E-state index is 12.8. The fourth-order valence-electron chi connectivity index (χ4n) is 2.87. The number of rotatable bonds is 8. The average Bonchev–Trinajstić information content (AvgIpc) is 2.53. The molecule has 0 aromatic heterocycles. The molecule has 0 spiro atoms. The third kappa shape index (κ3) is 7.62. The lowest BCUT2D eigenvalue weighted by Gasteiger charge is -2.39. The summed E-state index contributed by atoms with van der Waals surface area (Å²) in [5.74, 6) is 0.420. The van der Waals surface area contributed by atoms with E-state index in [1.165, 1.54) is 4.90 Å². The molecule has 2 N–H and O–H groups in total. The van der Waals surface area contributed by atoms with Crippen molar-refractivity contribution in [1.29, 1.82) is 0 Å². The van der Waals surface area contributed by atoms with Crippen molar-refractivity contribution in [1.82, 2.24) is 10.2 Å². The Hall–Kier alpha value is -2.50. The minimum atomic E-state index is -1.12. The number of hydrogen-bond donors (Lipinski definition) is 2. The Morgan fingerprint density at radius 3 is 2.18 bits per heavy atom. The third-order valence-corrected chi connectivity index (χ3v) is 3.97. The molecule has 1 atom stereocenters. The summed E-state index contributed by atoms with van der Waals surface area (Å²) in [6.45, 7) is 15.3. The van der Waals surface area contributed by atoms with Crippen LogP contribution in [0.25, 0.3) is 0 Å². The van der Waals surface area contributed by atoms with Gasteiger partial charge in [-0.3, -0.25) is 9.69 Å². The van der Waals surface area contributed by atoms with Gasteiger partial charge in [0.1, 0.15) is 17.4 Å². The second kappa shape index (κ2) is 9.62. The van der Waals surface area contributed by atoms with E-state index in [2.05, 4.69) is 11.9 Å². The molecular formula is C22H34N2O4. The van der Waals surface area contributed by atoms with Gasteiger partial charge in [-0.15, -0.1) is 6.58 Å². The fraction of sp³-hybridized carbons (Fsp3) is 0.545. The van der Waals surface area contributed by atoms with Crippen molar-refractivity contribution in [3.8, 4) is 5.75 Å². The molecule has 0 bridgehead atoms. The van der Waals surface area contributed by atoms with Crippen LogP contribution in [0.4, 0.5) is 4.79 Å². The molecule has 0 aliphatic carbocycles. The third-order valence-electron chi connectivity index (χ3n) is 3.97. The summed E-state index contributed by atoms with van der Waals surface area (Å²) in [5.41, 5.74) is -0.163. The van der Waals surface area contributed by atoms with Crippen LogP contribution in [0.3, 0.4) is 0 Å². The molecule has 0 aliphatic rings. The smallest absolute Gasteiger partial charge is 0.408 e. The molecule has 0 heterocycles. The molecule has 1 rings (SSSR count). The molecule has 6 nitrogen and oxygen atoms in total. The van der Waals surface area contributed by atoms with Gasteiger partial charge in [0.2, 0.25) is 5.91 Å². The van der Waals surface area contributed by atoms with Crippen molar-refractivity contribution in [2.24, 2.45) is 0 Å². The quantitative estimate of drug-likeness (QED) is 0.514. The van der Waals surface area contributed by atoms with E-state index in [-0.39, 0.29) is 17.9 Å². The van der Waals surface area contributed by atoms with Gasteiger partial charge in [-0.25, -0.2) is 4.79 Å². The zero-order valence-electron chi connectivity index (χ0n) is 17.9. The molecule has 156 valence electrons. The van der Waals surface area contributed by atoms with Crippen LogP contribution in [0.5, 0.6) is 5.75 Å². The first-order chi connectivity index (χ1) is 12.8. The number of amides is 2. The molecule has 0 unspecified atom stereocenters.